The molecule has 0 heterocycles. The number of nitrogens with one attached hydrogen (secondary N) is 2. The third-order valence-corrected chi connectivity index (χ3v) is 7.45. The van der Waals surface area contributed by atoms with Crippen molar-refractivity contribution in [3.05, 3.63) is 118 Å². The molecule has 4 aromatic rings. The van der Waals surface area contributed by atoms with E-state index >= 15 is 0 Å². The number of carbonyl (C=O) groups excluding carboxylic acids is 2. The van der Waals surface area contributed by atoms with Gasteiger partial charge in [0, 0.05) is 15.7 Å². The number of anilines is 1. The van der Waals surface area contributed by atoms with Gasteiger partial charge in [-0.2, -0.15) is 5.10 Å². The van der Waals surface area contributed by atoms with Gasteiger partial charge < -0.3 is 9.47 Å². The predicted octanol–water partition coefficient (Wildman–Crippen LogP) is 5.55. The number of hydrogen-bond donors (Lipinski definition) is 2. The van der Waals surface area contributed by atoms with Crippen LogP contribution in [0.2, 0.25) is 0 Å². The van der Waals surface area contributed by atoms with E-state index < -0.39 is 21.9 Å². The van der Waals surface area contributed by atoms with E-state index in [0.717, 1.165) is 10.0 Å². The van der Waals surface area contributed by atoms with Crippen molar-refractivity contribution in [1.82, 2.24) is 5.43 Å². The highest BCUT2D eigenvalue weighted by molar-refractivity contribution is 9.10. The maximum atomic E-state index is 12.6. The summed E-state index contributed by atoms with van der Waals surface area (Å²) in [4.78, 5) is 25.1. The second-order valence-electron chi connectivity index (χ2n) is 8.51. The molecule has 1 amide bonds. The molecule has 2 N–H and O–H groups in total. The molecular weight excluding hydrogens is 598 g/mol. The Bertz CT molecular complexity index is 1670. The molecule has 11 heteroatoms. The zero-order valence-corrected chi connectivity index (χ0v) is 23.8. The lowest BCUT2D eigenvalue weighted by Gasteiger charge is -2.10. The minimum Gasteiger partial charge on any atom is -0.493 e. The van der Waals surface area contributed by atoms with Crippen LogP contribution in [0.1, 0.15) is 31.8 Å². The van der Waals surface area contributed by atoms with Gasteiger partial charge in [0.05, 0.1) is 23.8 Å². The highest BCUT2D eigenvalue weighted by Crippen LogP contribution is 2.28. The maximum absolute atomic E-state index is 12.6. The van der Waals surface area contributed by atoms with Gasteiger partial charge in [-0.3, -0.25) is 9.52 Å². The van der Waals surface area contributed by atoms with Gasteiger partial charge in [0.1, 0.15) is 0 Å². The number of halogens is 1. The van der Waals surface area contributed by atoms with Crippen molar-refractivity contribution in [3.63, 3.8) is 0 Å². The zero-order valence-electron chi connectivity index (χ0n) is 21.4. The van der Waals surface area contributed by atoms with Crippen LogP contribution >= 0.6 is 15.9 Å². The summed E-state index contributed by atoms with van der Waals surface area (Å²) in [5.74, 6) is -0.493. The molecule has 0 bridgehead atoms. The average Bonchev–Trinajstić information content (AvgIpc) is 2.94. The first-order valence-electron chi connectivity index (χ1n) is 11.8. The fourth-order valence-corrected chi connectivity index (χ4v) is 4.93. The van der Waals surface area contributed by atoms with Crippen LogP contribution in [0.3, 0.4) is 0 Å². The van der Waals surface area contributed by atoms with Gasteiger partial charge in [-0.15, -0.1) is 0 Å². The Morgan fingerprint density at radius 3 is 2.27 bits per heavy atom. The number of hydrogen-bond acceptors (Lipinski definition) is 7. The van der Waals surface area contributed by atoms with E-state index in [0.29, 0.717) is 22.6 Å². The Kier molecular flexibility index (Phi) is 8.97. The number of ether oxygens (including phenoxy) is 2. The third kappa shape index (κ3) is 7.33. The molecule has 0 fully saturated rings. The molecule has 0 saturated heterocycles. The Balaban J connectivity index is 1.36. The minimum absolute atomic E-state index is 0.140. The van der Waals surface area contributed by atoms with Crippen LogP contribution in [0.5, 0.6) is 11.5 Å². The number of esters is 1. The van der Waals surface area contributed by atoms with Crippen molar-refractivity contribution in [2.75, 3.05) is 11.8 Å². The lowest BCUT2D eigenvalue weighted by Crippen LogP contribution is -2.18. The Labute approximate surface area is 240 Å². The molecule has 0 spiro atoms. The third-order valence-electron chi connectivity index (χ3n) is 5.56. The number of hydrazone groups is 1. The molecule has 4 aromatic carbocycles. The van der Waals surface area contributed by atoms with Crippen molar-refractivity contribution >= 4 is 49.7 Å². The summed E-state index contributed by atoms with van der Waals surface area (Å²) in [7, 11) is -2.31. The molecule has 0 atom stereocenters. The largest absolute Gasteiger partial charge is 0.493 e. The Morgan fingerprint density at radius 1 is 0.875 bits per heavy atom. The van der Waals surface area contributed by atoms with Crippen molar-refractivity contribution in [2.45, 2.75) is 11.8 Å². The lowest BCUT2D eigenvalue weighted by molar-refractivity contribution is 0.0729. The molecule has 0 aromatic heterocycles. The summed E-state index contributed by atoms with van der Waals surface area (Å²) in [5.41, 5.74) is 4.92. The van der Waals surface area contributed by atoms with E-state index in [4.69, 9.17) is 9.47 Å². The van der Waals surface area contributed by atoms with E-state index in [-0.39, 0.29) is 16.2 Å². The first kappa shape index (κ1) is 28.5. The molecule has 204 valence electrons. The number of rotatable bonds is 9. The summed E-state index contributed by atoms with van der Waals surface area (Å²) >= 11 is 3.32. The van der Waals surface area contributed by atoms with Crippen LogP contribution in [0, 0.1) is 6.92 Å². The number of sulfonamides is 1. The Morgan fingerprint density at radius 2 is 1.60 bits per heavy atom. The fraction of sp³-hybridized carbons (Fsp3) is 0.0690. The molecule has 0 radical (unpaired) electrons. The first-order chi connectivity index (χ1) is 19.1. The van der Waals surface area contributed by atoms with Crippen LogP contribution < -0.4 is 19.6 Å². The van der Waals surface area contributed by atoms with Crippen LogP contribution in [0.25, 0.3) is 0 Å². The van der Waals surface area contributed by atoms with Gasteiger partial charge in [0.25, 0.3) is 15.9 Å². The number of methoxy groups -OCH3 is 1. The smallest absolute Gasteiger partial charge is 0.343 e. The maximum Gasteiger partial charge on any atom is 0.343 e. The number of aryl methyl sites for hydroxylation is 1. The van der Waals surface area contributed by atoms with Crippen LogP contribution in [-0.4, -0.2) is 33.6 Å². The SMILES string of the molecule is COc1cc(/C=N/NC(=O)c2ccc(NS(=O)(=O)c3ccc(C)cc3)cc2)ccc1OC(=O)c1cccc(Br)c1. The monoisotopic (exact) mass is 621 g/mol. The summed E-state index contributed by atoms with van der Waals surface area (Å²) in [6.45, 7) is 1.87. The van der Waals surface area contributed by atoms with Crippen LogP contribution in [0.4, 0.5) is 5.69 Å². The van der Waals surface area contributed by atoms with E-state index in [1.54, 1.807) is 54.6 Å². The summed E-state index contributed by atoms with van der Waals surface area (Å²) < 4.78 is 39.2. The van der Waals surface area contributed by atoms with Gasteiger partial charge >= 0.3 is 5.97 Å². The van der Waals surface area contributed by atoms with Gasteiger partial charge in [-0.05, 0) is 85.3 Å². The second kappa shape index (κ2) is 12.6. The number of benzene rings is 4. The topological polar surface area (TPSA) is 123 Å². The Hall–Kier alpha value is -4.48. The van der Waals surface area contributed by atoms with Gasteiger partial charge in [-0.1, -0.05) is 39.7 Å². The highest BCUT2D eigenvalue weighted by Gasteiger charge is 2.15. The molecule has 0 saturated carbocycles. The fourth-order valence-electron chi connectivity index (χ4n) is 3.47. The van der Waals surface area contributed by atoms with Crippen LogP contribution in [0.15, 0.2) is 105 Å². The van der Waals surface area contributed by atoms with E-state index in [2.05, 4.69) is 31.2 Å². The van der Waals surface area contributed by atoms with Crippen molar-refractivity contribution in [1.29, 1.82) is 0 Å². The molecule has 4 rings (SSSR count). The summed E-state index contributed by atoms with van der Waals surface area (Å²) in [5, 5.41) is 3.97. The van der Waals surface area contributed by atoms with E-state index in [9.17, 15) is 18.0 Å². The number of carbonyl (C=O) groups is 2. The molecule has 9 nitrogen and oxygen atoms in total. The van der Waals surface area contributed by atoms with Crippen molar-refractivity contribution in [3.8, 4) is 11.5 Å². The van der Waals surface area contributed by atoms with E-state index in [1.807, 2.05) is 6.92 Å². The van der Waals surface area contributed by atoms with Gasteiger partial charge in [0.15, 0.2) is 11.5 Å². The molecular formula is C29H24BrN3O6S. The number of amides is 1. The van der Waals surface area contributed by atoms with Crippen LogP contribution in [-0.2, 0) is 10.0 Å². The minimum atomic E-state index is -3.75. The van der Waals surface area contributed by atoms with Crippen molar-refractivity contribution in [2.24, 2.45) is 5.10 Å². The van der Waals surface area contributed by atoms with Gasteiger partial charge in [-0.25, -0.2) is 18.6 Å². The molecule has 0 unspecified atom stereocenters. The zero-order chi connectivity index (χ0) is 28.7. The first-order valence-corrected chi connectivity index (χ1v) is 14.1. The quantitative estimate of drug-likeness (QED) is 0.109. The van der Waals surface area contributed by atoms with E-state index in [1.165, 1.54) is 49.7 Å². The number of nitrogens with zero attached hydrogens (tertiary/aromatic N) is 1. The second-order valence-corrected chi connectivity index (χ2v) is 11.1. The molecule has 0 aliphatic rings. The standard InChI is InChI=1S/C29H24BrN3O6S/c1-19-6-13-25(14-7-19)40(36,37)33-24-11-9-21(10-12-24)28(34)32-31-18-20-8-15-26(27(16-20)38-2)39-29(35)22-4-3-5-23(30)17-22/h3-18,33H,1-2H3,(H,32,34)/b31-18+. The average molecular weight is 622 g/mol. The predicted molar refractivity (Wildman–Crippen MR) is 156 cm³/mol. The molecule has 0 aliphatic carbocycles. The molecule has 0 aliphatic heterocycles. The lowest BCUT2D eigenvalue weighted by atomic mass is 10.2. The highest BCUT2D eigenvalue weighted by atomic mass is 79.9. The summed E-state index contributed by atoms with van der Waals surface area (Å²) in [6, 6.07) is 24.1. The molecule has 40 heavy (non-hydrogen) atoms. The normalized spacial score (nSPS) is 11.2. The summed E-state index contributed by atoms with van der Waals surface area (Å²) in [6.07, 6.45) is 1.41. The van der Waals surface area contributed by atoms with Gasteiger partial charge in [0.2, 0.25) is 0 Å². The van der Waals surface area contributed by atoms with Crippen molar-refractivity contribution < 1.29 is 27.5 Å².